The SMILES string of the molecule is COc1ccc(CCNCC(=O)Nc2ccccc2Br)cc1OC. The summed E-state index contributed by atoms with van der Waals surface area (Å²) < 4.78 is 11.4. The number of benzene rings is 2. The van der Waals surface area contributed by atoms with Crippen molar-refractivity contribution in [3.8, 4) is 11.5 Å². The summed E-state index contributed by atoms with van der Waals surface area (Å²) in [5.74, 6) is 1.35. The molecule has 0 spiro atoms. The summed E-state index contributed by atoms with van der Waals surface area (Å²) in [6.07, 6.45) is 0.794. The maximum Gasteiger partial charge on any atom is 0.238 e. The van der Waals surface area contributed by atoms with Gasteiger partial charge in [-0.25, -0.2) is 0 Å². The summed E-state index contributed by atoms with van der Waals surface area (Å²) in [4.78, 5) is 11.9. The highest BCUT2D eigenvalue weighted by Gasteiger charge is 2.06. The van der Waals surface area contributed by atoms with Gasteiger partial charge in [0.2, 0.25) is 5.91 Å². The third kappa shape index (κ3) is 5.25. The van der Waals surface area contributed by atoms with E-state index in [1.54, 1.807) is 14.2 Å². The Labute approximate surface area is 150 Å². The fraction of sp³-hybridized carbons (Fsp3) is 0.278. The molecule has 0 atom stereocenters. The van der Waals surface area contributed by atoms with E-state index < -0.39 is 0 Å². The van der Waals surface area contributed by atoms with Crippen LogP contribution in [0.25, 0.3) is 0 Å². The van der Waals surface area contributed by atoms with Crippen LogP contribution in [-0.2, 0) is 11.2 Å². The number of amides is 1. The van der Waals surface area contributed by atoms with Gasteiger partial charge in [0, 0.05) is 4.47 Å². The molecule has 0 heterocycles. The van der Waals surface area contributed by atoms with Crippen molar-refractivity contribution >= 4 is 27.5 Å². The van der Waals surface area contributed by atoms with Crippen LogP contribution in [0.5, 0.6) is 11.5 Å². The van der Waals surface area contributed by atoms with Crippen LogP contribution in [0.1, 0.15) is 5.56 Å². The number of halogens is 1. The van der Waals surface area contributed by atoms with Gasteiger partial charge in [0.1, 0.15) is 0 Å². The molecule has 0 aliphatic heterocycles. The number of hydrogen-bond acceptors (Lipinski definition) is 4. The van der Waals surface area contributed by atoms with E-state index in [1.807, 2.05) is 42.5 Å². The minimum absolute atomic E-state index is 0.0748. The molecule has 0 aliphatic rings. The Morgan fingerprint density at radius 3 is 2.54 bits per heavy atom. The second-order valence-corrected chi connectivity index (χ2v) is 6.00. The lowest BCUT2D eigenvalue weighted by atomic mass is 10.1. The van der Waals surface area contributed by atoms with E-state index in [2.05, 4.69) is 26.6 Å². The first-order valence-corrected chi connectivity index (χ1v) is 8.39. The van der Waals surface area contributed by atoms with Gasteiger partial charge in [-0.05, 0) is 58.7 Å². The molecule has 2 rings (SSSR count). The highest BCUT2D eigenvalue weighted by atomic mass is 79.9. The Hall–Kier alpha value is -2.05. The van der Waals surface area contributed by atoms with E-state index in [9.17, 15) is 4.79 Å². The highest BCUT2D eigenvalue weighted by Crippen LogP contribution is 2.27. The second-order valence-electron chi connectivity index (χ2n) is 5.14. The van der Waals surface area contributed by atoms with Crippen molar-refractivity contribution in [2.45, 2.75) is 6.42 Å². The molecule has 0 aromatic heterocycles. The molecule has 6 heteroatoms. The Kier molecular flexibility index (Phi) is 7.08. The maximum absolute atomic E-state index is 11.9. The number of nitrogens with one attached hydrogen (secondary N) is 2. The Balaban J connectivity index is 1.76. The molecule has 24 heavy (non-hydrogen) atoms. The molecular formula is C18H21BrN2O3. The standard InChI is InChI=1S/C18H21BrN2O3/c1-23-16-8-7-13(11-17(16)24-2)9-10-20-12-18(22)21-15-6-4-3-5-14(15)19/h3-8,11,20H,9-10,12H2,1-2H3,(H,21,22). The molecule has 5 nitrogen and oxygen atoms in total. The number of ether oxygens (including phenoxy) is 2. The molecule has 0 saturated heterocycles. The predicted molar refractivity (Wildman–Crippen MR) is 98.9 cm³/mol. The van der Waals surface area contributed by atoms with Crippen molar-refractivity contribution in [2.75, 3.05) is 32.6 Å². The number of hydrogen-bond donors (Lipinski definition) is 2. The van der Waals surface area contributed by atoms with Crippen molar-refractivity contribution in [1.29, 1.82) is 0 Å². The van der Waals surface area contributed by atoms with Gasteiger partial charge in [0.05, 0.1) is 26.5 Å². The fourth-order valence-corrected chi connectivity index (χ4v) is 2.61. The van der Waals surface area contributed by atoms with Gasteiger partial charge in [0.15, 0.2) is 11.5 Å². The summed E-state index contributed by atoms with van der Waals surface area (Å²) in [7, 11) is 3.23. The molecule has 2 aromatic rings. The van der Waals surface area contributed by atoms with Crippen LogP contribution < -0.4 is 20.1 Å². The van der Waals surface area contributed by atoms with Gasteiger partial charge in [-0.3, -0.25) is 4.79 Å². The van der Waals surface area contributed by atoms with E-state index in [-0.39, 0.29) is 12.5 Å². The summed E-state index contributed by atoms with van der Waals surface area (Å²) in [6.45, 7) is 0.952. The molecule has 0 saturated carbocycles. The number of para-hydroxylation sites is 1. The normalized spacial score (nSPS) is 10.3. The quantitative estimate of drug-likeness (QED) is 0.677. The molecule has 2 aromatic carbocycles. The second kappa shape index (κ2) is 9.30. The van der Waals surface area contributed by atoms with E-state index >= 15 is 0 Å². The minimum Gasteiger partial charge on any atom is -0.493 e. The van der Waals surface area contributed by atoms with Crippen LogP contribution in [-0.4, -0.2) is 33.2 Å². The lowest BCUT2D eigenvalue weighted by Crippen LogP contribution is -2.29. The van der Waals surface area contributed by atoms with Gasteiger partial charge in [0.25, 0.3) is 0 Å². The Bertz CT molecular complexity index is 692. The van der Waals surface area contributed by atoms with Crippen LogP contribution in [0.15, 0.2) is 46.9 Å². The van der Waals surface area contributed by atoms with E-state index in [4.69, 9.17) is 9.47 Å². The van der Waals surface area contributed by atoms with Crippen LogP contribution in [0.2, 0.25) is 0 Å². The predicted octanol–water partition coefficient (Wildman–Crippen LogP) is 3.24. The summed E-state index contributed by atoms with van der Waals surface area (Å²) >= 11 is 3.41. The fourth-order valence-electron chi connectivity index (χ4n) is 2.23. The van der Waals surface area contributed by atoms with Gasteiger partial charge >= 0.3 is 0 Å². The molecule has 0 fully saturated rings. The van der Waals surface area contributed by atoms with Gasteiger partial charge < -0.3 is 20.1 Å². The zero-order valence-electron chi connectivity index (χ0n) is 13.8. The van der Waals surface area contributed by atoms with Crippen LogP contribution in [0.4, 0.5) is 5.69 Å². The topological polar surface area (TPSA) is 59.6 Å². The first-order valence-electron chi connectivity index (χ1n) is 7.60. The van der Waals surface area contributed by atoms with Crippen molar-refractivity contribution in [3.05, 3.63) is 52.5 Å². The lowest BCUT2D eigenvalue weighted by Gasteiger charge is -2.10. The number of methoxy groups -OCH3 is 2. The molecule has 128 valence electrons. The molecule has 0 radical (unpaired) electrons. The Morgan fingerprint density at radius 2 is 1.83 bits per heavy atom. The first-order chi connectivity index (χ1) is 11.6. The van der Waals surface area contributed by atoms with Crippen molar-refractivity contribution in [2.24, 2.45) is 0 Å². The molecular weight excluding hydrogens is 372 g/mol. The van der Waals surface area contributed by atoms with E-state index in [0.717, 1.165) is 22.1 Å². The summed E-state index contributed by atoms with van der Waals surface area (Å²) in [5.41, 5.74) is 1.88. The Morgan fingerprint density at radius 1 is 1.08 bits per heavy atom. The number of anilines is 1. The monoisotopic (exact) mass is 392 g/mol. The zero-order chi connectivity index (χ0) is 17.4. The van der Waals surface area contributed by atoms with Crippen LogP contribution in [0, 0.1) is 0 Å². The van der Waals surface area contributed by atoms with E-state index in [0.29, 0.717) is 18.0 Å². The molecule has 0 bridgehead atoms. The average Bonchev–Trinajstić information content (AvgIpc) is 2.60. The molecule has 0 aliphatic carbocycles. The molecule has 2 N–H and O–H groups in total. The highest BCUT2D eigenvalue weighted by molar-refractivity contribution is 9.10. The summed E-state index contributed by atoms with van der Waals surface area (Å²) in [5, 5.41) is 6.00. The maximum atomic E-state index is 11.9. The lowest BCUT2D eigenvalue weighted by molar-refractivity contribution is -0.115. The smallest absolute Gasteiger partial charge is 0.238 e. The third-order valence-electron chi connectivity index (χ3n) is 3.47. The van der Waals surface area contributed by atoms with Crippen molar-refractivity contribution < 1.29 is 14.3 Å². The van der Waals surface area contributed by atoms with Crippen LogP contribution in [0.3, 0.4) is 0 Å². The number of rotatable bonds is 8. The zero-order valence-corrected chi connectivity index (χ0v) is 15.4. The van der Waals surface area contributed by atoms with Gasteiger partial charge in [-0.15, -0.1) is 0 Å². The van der Waals surface area contributed by atoms with Crippen LogP contribution >= 0.6 is 15.9 Å². The third-order valence-corrected chi connectivity index (χ3v) is 4.16. The largest absolute Gasteiger partial charge is 0.493 e. The van der Waals surface area contributed by atoms with Crippen molar-refractivity contribution in [1.82, 2.24) is 5.32 Å². The first kappa shape index (κ1) is 18.3. The minimum atomic E-state index is -0.0748. The number of carbonyl (C=O) groups excluding carboxylic acids is 1. The van der Waals surface area contributed by atoms with Gasteiger partial charge in [-0.1, -0.05) is 18.2 Å². The molecule has 1 amide bonds. The average molecular weight is 393 g/mol. The summed E-state index contributed by atoms with van der Waals surface area (Å²) in [6, 6.07) is 13.3. The van der Waals surface area contributed by atoms with Crippen molar-refractivity contribution in [3.63, 3.8) is 0 Å². The molecule has 0 unspecified atom stereocenters. The number of carbonyl (C=O) groups is 1. The van der Waals surface area contributed by atoms with E-state index in [1.165, 1.54) is 0 Å². The van der Waals surface area contributed by atoms with Gasteiger partial charge in [-0.2, -0.15) is 0 Å².